The molecule has 0 aliphatic rings. The zero-order valence-electron chi connectivity index (χ0n) is 8.57. The number of hydrogen-bond acceptors (Lipinski definition) is 2. The number of alkyl halides is 3. The Labute approximate surface area is 103 Å². The second-order valence-corrected chi connectivity index (χ2v) is 3.86. The summed E-state index contributed by atoms with van der Waals surface area (Å²) in [6.45, 7) is 1.41. The molecule has 0 aliphatic carbocycles. The number of rotatable bonds is 2. The van der Waals surface area contributed by atoms with Crippen molar-refractivity contribution in [3.63, 3.8) is 0 Å². The third-order valence-corrected chi connectivity index (χ3v) is 2.54. The van der Waals surface area contributed by atoms with Crippen molar-refractivity contribution in [2.45, 2.75) is 13.1 Å². The van der Waals surface area contributed by atoms with E-state index in [2.05, 4.69) is 20.7 Å². The molecule has 1 aromatic rings. The van der Waals surface area contributed by atoms with Crippen LogP contribution < -0.4 is 0 Å². The molecule has 0 saturated heterocycles. The summed E-state index contributed by atoms with van der Waals surface area (Å²) in [5.41, 5.74) is -2.24. The highest BCUT2D eigenvalue weighted by Gasteiger charge is 2.36. The van der Waals surface area contributed by atoms with Crippen molar-refractivity contribution in [2.75, 3.05) is 6.61 Å². The fraction of sp³-hybridized carbons (Fsp3) is 0.300. The summed E-state index contributed by atoms with van der Waals surface area (Å²) in [4.78, 5) is 11.3. The second-order valence-electron chi connectivity index (χ2n) is 3.00. The maximum atomic E-state index is 13.6. The Kier molecular flexibility index (Phi) is 4.13. The van der Waals surface area contributed by atoms with Gasteiger partial charge in [-0.25, -0.2) is 9.18 Å². The minimum Gasteiger partial charge on any atom is -0.462 e. The number of ether oxygens (including phenoxy) is 1. The maximum absolute atomic E-state index is 13.6. The molecule has 0 aliphatic heterocycles. The normalized spacial score (nSPS) is 11.4. The first-order valence-electron chi connectivity index (χ1n) is 4.51. The fourth-order valence-corrected chi connectivity index (χ4v) is 1.63. The lowest BCUT2D eigenvalue weighted by Gasteiger charge is -2.12. The quantitative estimate of drug-likeness (QED) is 0.613. The molecule has 0 amide bonds. The molecule has 0 bridgehead atoms. The predicted molar refractivity (Wildman–Crippen MR) is 55.1 cm³/mol. The van der Waals surface area contributed by atoms with Gasteiger partial charge in [-0.05, 0) is 35.0 Å². The minimum absolute atomic E-state index is 0.0546. The largest absolute Gasteiger partial charge is 0.462 e. The Morgan fingerprint density at radius 3 is 2.47 bits per heavy atom. The Balaban J connectivity index is 3.35. The number of carbonyl (C=O) groups is 1. The smallest absolute Gasteiger partial charge is 0.419 e. The lowest BCUT2D eigenvalue weighted by atomic mass is 10.1. The molecular weight excluding hydrogens is 308 g/mol. The monoisotopic (exact) mass is 314 g/mol. The Hall–Kier alpha value is -1.11. The van der Waals surface area contributed by atoms with Gasteiger partial charge in [0.2, 0.25) is 0 Å². The van der Waals surface area contributed by atoms with E-state index in [4.69, 9.17) is 0 Å². The molecule has 94 valence electrons. The van der Waals surface area contributed by atoms with E-state index in [1.54, 1.807) is 0 Å². The highest BCUT2D eigenvalue weighted by Crippen LogP contribution is 2.35. The third-order valence-electron chi connectivity index (χ3n) is 1.88. The van der Waals surface area contributed by atoms with Crippen LogP contribution in [-0.4, -0.2) is 12.6 Å². The van der Waals surface area contributed by atoms with Gasteiger partial charge in [0.1, 0.15) is 5.56 Å². The molecule has 0 radical (unpaired) electrons. The van der Waals surface area contributed by atoms with Crippen LogP contribution in [-0.2, 0) is 10.9 Å². The van der Waals surface area contributed by atoms with Crippen molar-refractivity contribution in [1.29, 1.82) is 0 Å². The van der Waals surface area contributed by atoms with Gasteiger partial charge in [-0.15, -0.1) is 0 Å². The van der Waals surface area contributed by atoms with Crippen molar-refractivity contribution in [3.05, 3.63) is 33.5 Å². The van der Waals surface area contributed by atoms with Crippen molar-refractivity contribution in [3.8, 4) is 0 Å². The lowest BCUT2D eigenvalue weighted by molar-refractivity contribution is -0.140. The molecule has 0 saturated carbocycles. The van der Waals surface area contributed by atoms with Crippen LogP contribution in [0.15, 0.2) is 16.6 Å². The first kappa shape index (κ1) is 14.0. The fourth-order valence-electron chi connectivity index (χ4n) is 1.16. The molecular formula is C10H7BrF4O2. The summed E-state index contributed by atoms with van der Waals surface area (Å²) < 4.78 is 55.2. The van der Waals surface area contributed by atoms with Gasteiger partial charge in [0, 0.05) is 4.47 Å². The standard InChI is InChI=1S/C10H7BrF4O2/c1-2-17-9(16)7-6(11)4-3-5(8(7)12)10(13,14)15/h3-4H,2H2,1H3. The maximum Gasteiger partial charge on any atom is 0.419 e. The van der Waals surface area contributed by atoms with Gasteiger partial charge >= 0.3 is 12.1 Å². The van der Waals surface area contributed by atoms with Crippen LogP contribution in [0.1, 0.15) is 22.8 Å². The average Bonchev–Trinajstić information content (AvgIpc) is 2.15. The van der Waals surface area contributed by atoms with Crippen LogP contribution >= 0.6 is 15.9 Å². The zero-order chi connectivity index (χ0) is 13.2. The van der Waals surface area contributed by atoms with Gasteiger partial charge < -0.3 is 4.74 Å². The van der Waals surface area contributed by atoms with Crippen LogP contribution in [0.2, 0.25) is 0 Å². The van der Waals surface area contributed by atoms with Gasteiger partial charge in [0.15, 0.2) is 5.82 Å². The molecule has 0 heterocycles. The van der Waals surface area contributed by atoms with Crippen molar-refractivity contribution >= 4 is 21.9 Å². The minimum atomic E-state index is -4.86. The van der Waals surface area contributed by atoms with E-state index < -0.39 is 29.1 Å². The van der Waals surface area contributed by atoms with Crippen LogP contribution in [0, 0.1) is 5.82 Å². The van der Waals surface area contributed by atoms with Gasteiger partial charge in [-0.1, -0.05) is 0 Å². The molecule has 0 spiro atoms. The Bertz CT molecular complexity index is 443. The predicted octanol–water partition coefficient (Wildman–Crippen LogP) is 3.78. The number of hydrogen-bond donors (Lipinski definition) is 0. The van der Waals surface area contributed by atoms with Crippen molar-refractivity contribution in [2.24, 2.45) is 0 Å². The zero-order valence-corrected chi connectivity index (χ0v) is 10.2. The van der Waals surface area contributed by atoms with Gasteiger partial charge in [0.25, 0.3) is 0 Å². The molecule has 0 unspecified atom stereocenters. The molecule has 0 fully saturated rings. The second kappa shape index (κ2) is 5.03. The topological polar surface area (TPSA) is 26.3 Å². The molecule has 0 aromatic heterocycles. The number of esters is 1. The van der Waals surface area contributed by atoms with Crippen LogP contribution in [0.3, 0.4) is 0 Å². The molecule has 2 nitrogen and oxygen atoms in total. The summed E-state index contributed by atoms with van der Waals surface area (Å²) >= 11 is 2.81. The van der Waals surface area contributed by atoms with E-state index in [-0.39, 0.29) is 11.1 Å². The molecule has 1 aromatic carbocycles. The molecule has 7 heteroatoms. The third kappa shape index (κ3) is 2.96. The first-order chi connectivity index (χ1) is 7.79. The highest BCUT2D eigenvalue weighted by molar-refractivity contribution is 9.10. The average molecular weight is 315 g/mol. The van der Waals surface area contributed by atoms with Crippen molar-refractivity contribution in [1.82, 2.24) is 0 Å². The van der Waals surface area contributed by atoms with E-state index in [1.165, 1.54) is 6.92 Å². The summed E-state index contributed by atoms with van der Waals surface area (Å²) in [7, 11) is 0. The summed E-state index contributed by atoms with van der Waals surface area (Å²) in [5, 5.41) is 0. The van der Waals surface area contributed by atoms with E-state index in [1.807, 2.05) is 0 Å². The van der Waals surface area contributed by atoms with Crippen LogP contribution in [0.5, 0.6) is 0 Å². The Morgan fingerprint density at radius 1 is 1.41 bits per heavy atom. The molecule has 17 heavy (non-hydrogen) atoms. The van der Waals surface area contributed by atoms with Gasteiger partial charge in [-0.2, -0.15) is 13.2 Å². The number of carbonyl (C=O) groups excluding carboxylic acids is 1. The van der Waals surface area contributed by atoms with E-state index >= 15 is 0 Å². The Morgan fingerprint density at radius 2 is 2.00 bits per heavy atom. The van der Waals surface area contributed by atoms with Gasteiger partial charge in [0.05, 0.1) is 12.2 Å². The summed E-state index contributed by atoms with van der Waals surface area (Å²) in [5.74, 6) is -2.77. The molecule has 1 rings (SSSR count). The van der Waals surface area contributed by atoms with E-state index in [0.29, 0.717) is 6.07 Å². The number of halogens is 5. The van der Waals surface area contributed by atoms with E-state index in [0.717, 1.165) is 6.07 Å². The first-order valence-corrected chi connectivity index (χ1v) is 5.30. The lowest BCUT2D eigenvalue weighted by Crippen LogP contribution is -2.15. The van der Waals surface area contributed by atoms with Crippen molar-refractivity contribution < 1.29 is 27.1 Å². The van der Waals surface area contributed by atoms with Gasteiger partial charge in [-0.3, -0.25) is 0 Å². The number of benzene rings is 1. The SMILES string of the molecule is CCOC(=O)c1c(Br)ccc(C(F)(F)F)c1F. The highest BCUT2D eigenvalue weighted by atomic mass is 79.9. The summed E-state index contributed by atoms with van der Waals surface area (Å²) in [6.07, 6.45) is -4.86. The van der Waals surface area contributed by atoms with Crippen LogP contribution in [0.4, 0.5) is 17.6 Å². The van der Waals surface area contributed by atoms with Crippen LogP contribution in [0.25, 0.3) is 0 Å². The van der Waals surface area contributed by atoms with E-state index in [9.17, 15) is 22.4 Å². The molecule has 0 N–H and O–H groups in total. The summed E-state index contributed by atoms with van der Waals surface area (Å²) in [6, 6.07) is 1.51. The molecule has 0 atom stereocenters.